The topological polar surface area (TPSA) is 53.6 Å². The summed E-state index contributed by atoms with van der Waals surface area (Å²) >= 11 is 3.07. The largest absolute Gasteiger partial charge is 0.378 e. The van der Waals surface area contributed by atoms with Crippen molar-refractivity contribution in [3.63, 3.8) is 0 Å². The van der Waals surface area contributed by atoms with E-state index in [1.165, 1.54) is 0 Å². The molecule has 4 nitrogen and oxygen atoms in total. The Bertz CT molecular complexity index is 615. The van der Waals surface area contributed by atoms with E-state index < -0.39 is 5.82 Å². The van der Waals surface area contributed by atoms with Crippen LogP contribution in [-0.2, 0) is 13.6 Å². The predicted molar refractivity (Wildman–Crippen MR) is 69.3 cm³/mol. The van der Waals surface area contributed by atoms with Crippen molar-refractivity contribution in [3.05, 3.63) is 45.9 Å². The molecule has 0 radical (unpaired) electrons. The molecule has 6 heteroatoms. The molecular formula is C12H10BrFN4. The number of nitriles is 1. The van der Waals surface area contributed by atoms with Crippen LogP contribution in [0.4, 0.5) is 10.1 Å². The molecule has 0 aliphatic carbocycles. The van der Waals surface area contributed by atoms with E-state index in [0.29, 0.717) is 12.2 Å². The number of halogens is 2. The molecule has 0 aliphatic rings. The van der Waals surface area contributed by atoms with Gasteiger partial charge in [0.05, 0.1) is 21.9 Å². The highest BCUT2D eigenvalue weighted by molar-refractivity contribution is 9.10. The van der Waals surface area contributed by atoms with Crippen molar-refractivity contribution in [1.29, 1.82) is 5.26 Å². The Morgan fingerprint density at radius 3 is 2.94 bits per heavy atom. The van der Waals surface area contributed by atoms with Crippen LogP contribution in [-0.4, -0.2) is 9.78 Å². The lowest BCUT2D eigenvalue weighted by Crippen LogP contribution is -2.01. The van der Waals surface area contributed by atoms with Gasteiger partial charge in [0.2, 0.25) is 0 Å². The van der Waals surface area contributed by atoms with Gasteiger partial charge in [0.1, 0.15) is 6.07 Å². The Labute approximate surface area is 112 Å². The van der Waals surface area contributed by atoms with Crippen LogP contribution in [0, 0.1) is 17.1 Å². The van der Waals surface area contributed by atoms with Gasteiger partial charge in [-0.1, -0.05) is 0 Å². The van der Waals surface area contributed by atoms with Gasteiger partial charge in [-0.2, -0.15) is 10.4 Å². The summed E-state index contributed by atoms with van der Waals surface area (Å²) in [6.07, 6.45) is 3.56. The summed E-state index contributed by atoms with van der Waals surface area (Å²) in [4.78, 5) is 0. The second kappa shape index (κ2) is 5.19. The van der Waals surface area contributed by atoms with E-state index in [4.69, 9.17) is 5.26 Å². The molecule has 1 aromatic heterocycles. The molecule has 1 N–H and O–H groups in total. The van der Waals surface area contributed by atoms with Crippen LogP contribution in [0.15, 0.2) is 29.0 Å². The Morgan fingerprint density at radius 1 is 1.56 bits per heavy atom. The molecule has 0 spiro atoms. The minimum atomic E-state index is -0.460. The monoisotopic (exact) mass is 308 g/mol. The minimum absolute atomic E-state index is 0.182. The van der Waals surface area contributed by atoms with E-state index in [1.807, 2.05) is 19.3 Å². The second-order valence-corrected chi connectivity index (χ2v) is 4.57. The number of benzene rings is 1. The molecule has 0 saturated heterocycles. The van der Waals surface area contributed by atoms with Crippen LogP contribution in [0.25, 0.3) is 0 Å². The molecule has 0 aliphatic heterocycles. The first-order chi connectivity index (χ1) is 8.61. The van der Waals surface area contributed by atoms with Gasteiger partial charge in [-0.15, -0.1) is 0 Å². The van der Waals surface area contributed by atoms with Crippen LogP contribution in [0.2, 0.25) is 0 Å². The Hall–Kier alpha value is -1.87. The fourth-order valence-corrected chi connectivity index (χ4v) is 1.97. The van der Waals surface area contributed by atoms with Gasteiger partial charge >= 0.3 is 0 Å². The van der Waals surface area contributed by atoms with E-state index in [0.717, 1.165) is 5.56 Å². The second-order valence-electron chi connectivity index (χ2n) is 3.78. The zero-order chi connectivity index (χ0) is 13.1. The molecule has 0 fully saturated rings. The maximum absolute atomic E-state index is 13.9. The number of nitrogens with one attached hydrogen (secondary N) is 1. The summed E-state index contributed by atoms with van der Waals surface area (Å²) in [7, 11) is 1.82. The summed E-state index contributed by atoms with van der Waals surface area (Å²) in [5.41, 5.74) is 1.58. The van der Waals surface area contributed by atoms with E-state index >= 15 is 0 Å². The zero-order valence-corrected chi connectivity index (χ0v) is 11.2. The van der Waals surface area contributed by atoms with E-state index in [9.17, 15) is 4.39 Å². The molecule has 0 saturated carbocycles. The van der Waals surface area contributed by atoms with Gasteiger partial charge in [-0.05, 0) is 28.1 Å². The third kappa shape index (κ3) is 2.51. The maximum atomic E-state index is 13.9. The number of anilines is 1. The van der Waals surface area contributed by atoms with Gasteiger partial charge in [-0.3, -0.25) is 4.68 Å². The van der Waals surface area contributed by atoms with Gasteiger partial charge in [-0.25, -0.2) is 4.39 Å². The van der Waals surface area contributed by atoms with Crippen molar-refractivity contribution in [2.45, 2.75) is 6.54 Å². The van der Waals surface area contributed by atoms with E-state index in [2.05, 4.69) is 26.3 Å². The number of nitrogens with zero attached hydrogens (tertiary/aromatic N) is 3. The van der Waals surface area contributed by atoms with Gasteiger partial charge in [0, 0.05) is 25.4 Å². The first-order valence-corrected chi connectivity index (χ1v) is 6.00. The van der Waals surface area contributed by atoms with Crippen molar-refractivity contribution in [2.24, 2.45) is 7.05 Å². The Balaban J connectivity index is 2.15. The number of hydrogen-bond donors (Lipinski definition) is 1. The van der Waals surface area contributed by atoms with Crippen LogP contribution < -0.4 is 5.32 Å². The molecule has 0 atom stereocenters. The molecule has 1 aromatic carbocycles. The molecule has 0 unspecified atom stereocenters. The van der Waals surface area contributed by atoms with Crippen molar-refractivity contribution >= 4 is 21.6 Å². The Morgan fingerprint density at radius 2 is 2.33 bits per heavy atom. The first-order valence-electron chi connectivity index (χ1n) is 5.21. The van der Waals surface area contributed by atoms with Crippen LogP contribution >= 0.6 is 15.9 Å². The lowest BCUT2D eigenvalue weighted by Gasteiger charge is -2.08. The molecule has 2 aromatic rings. The normalized spacial score (nSPS) is 10.1. The standard InChI is InChI=1S/C12H10BrFN4/c1-18-7-8(6-17-18)5-16-10-3-2-9(4-15)11(13)12(10)14/h2-3,6-7,16H,5H2,1H3. The minimum Gasteiger partial charge on any atom is -0.378 e. The first kappa shape index (κ1) is 12.6. The maximum Gasteiger partial charge on any atom is 0.161 e. The van der Waals surface area contributed by atoms with Gasteiger partial charge in [0.15, 0.2) is 5.82 Å². The van der Waals surface area contributed by atoms with Gasteiger partial charge < -0.3 is 5.32 Å². The summed E-state index contributed by atoms with van der Waals surface area (Å²) in [6, 6.07) is 5.03. The molecule has 0 amide bonds. The van der Waals surface area contributed by atoms with E-state index in [-0.39, 0.29) is 10.0 Å². The average Bonchev–Trinajstić information content (AvgIpc) is 2.77. The van der Waals surface area contributed by atoms with Crippen LogP contribution in [0.1, 0.15) is 11.1 Å². The molecular weight excluding hydrogens is 299 g/mol. The zero-order valence-electron chi connectivity index (χ0n) is 9.61. The fraction of sp³-hybridized carbons (Fsp3) is 0.167. The summed E-state index contributed by atoms with van der Waals surface area (Å²) in [6.45, 7) is 0.475. The molecule has 92 valence electrons. The van der Waals surface area contributed by atoms with Crippen LogP contribution in [0.5, 0.6) is 0 Å². The van der Waals surface area contributed by atoms with Gasteiger partial charge in [0.25, 0.3) is 0 Å². The molecule has 1 heterocycles. The third-order valence-corrected chi connectivity index (χ3v) is 3.22. The highest BCUT2D eigenvalue weighted by Crippen LogP contribution is 2.26. The van der Waals surface area contributed by atoms with Crippen molar-refractivity contribution in [3.8, 4) is 6.07 Å². The fourth-order valence-electron chi connectivity index (χ4n) is 1.53. The molecule has 2 rings (SSSR count). The summed E-state index contributed by atoms with van der Waals surface area (Å²) < 4.78 is 15.7. The average molecular weight is 309 g/mol. The van der Waals surface area contributed by atoms with Crippen molar-refractivity contribution < 1.29 is 4.39 Å². The number of rotatable bonds is 3. The number of hydrogen-bond acceptors (Lipinski definition) is 3. The number of aryl methyl sites for hydroxylation is 1. The quantitative estimate of drug-likeness (QED) is 0.948. The summed E-state index contributed by atoms with van der Waals surface area (Å²) in [5.74, 6) is -0.460. The summed E-state index contributed by atoms with van der Waals surface area (Å²) in [5, 5.41) is 15.8. The lowest BCUT2D eigenvalue weighted by molar-refractivity contribution is 0.623. The molecule has 18 heavy (non-hydrogen) atoms. The molecule has 0 bridgehead atoms. The smallest absolute Gasteiger partial charge is 0.161 e. The highest BCUT2D eigenvalue weighted by atomic mass is 79.9. The highest BCUT2D eigenvalue weighted by Gasteiger charge is 2.10. The van der Waals surface area contributed by atoms with Crippen LogP contribution in [0.3, 0.4) is 0 Å². The third-order valence-electron chi connectivity index (χ3n) is 2.44. The Kier molecular flexibility index (Phi) is 3.63. The predicted octanol–water partition coefficient (Wildman–Crippen LogP) is 2.81. The number of aromatic nitrogens is 2. The SMILES string of the molecule is Cn1cc(CNc2ccc(C#N)c(Br)c2F)cn1. The van der Waals surface area contributed by atoms with Crippen molar-refractivity contribution in [1.82, 2.24) is 9.78 Å². The lowest BCUT2D eigenvalue weighted by atomic mass is 10.2. The van der Waals surface area contributed by atoms with Crippen molar-refractivity contribution in [2.75, 3.05) is 5.32 Å². The van der Waals surface area contributed by atoms with E-state index in [1.54, 1.807) is 23.0 Å².